The zero-order valence-electron chi connectivity index (χ0n) is 15.4. The molecule has 0 bridgehead atoms. The standard InChI is InChI=1S/C20H26N4OS/c1-13-6-5-9-16(14(13)2)22-19(25)12-26-20-23-17-8-4-3-7-15(17)18-10-11-21-24(18)20/h3-4,7-8,11,13-14,16,18H,5-6,9-10,12H2,1-2H3,(H,22,25)/t13-,14-,16+,18-/m1/s1. The van der Waals surface area contributed by atoms with E-state index >= 15 is 0 Å². The summed E-state index contributed by atoms with van der Waals surface area (Å²) in [7, 11) is 0. The van der Waals surface area contributed by atoms with Crippen molar-refractivity contribution in [3.8, 4) is 0 Å². The Balaban J connectivity index is 1.40. The van der Waals surface area contributed by atoms with Crippen LogP contribution in [-0.2, 0) is 4.79 Å². The third-order valence-corrected chi connectivity index (χ3v) is 6.87. The molecule has 2 aliphatic heterocycles. The first-order chi connectivity index (χ1) is 12.6. The maximum Gasteiger partial charge on any atom is 0.230 e. The number of amidine groups is 1. The van der Waals surface area contributed by atoms with E-state index in [9.17, 15) is 4.79 Å². The second-order valence-corrected chi connectivity index (χ2v) is 8.52. The highest BCUT2D eigenvalue weighted by molar-refractivity contribution is 8.14. The molecule has 0 spiro atoms. The van der Waals surface area contributed by atoms with Gasteiger partial charge in [-0.15, -0.1) is 0 Å². The predicted molar refractivity (Wildman–Crippen MR) is 108 cm³/mol. The van der Waals surface area contributed by atoms with E-state index in [4.69, 9.17) is 4.99 Å². The minimum absolute atomic E-state index is 0.0993. The lowest BCUT2D eigenvalue weighted by atomic mass is 9.78. The molecule has 2 heterocycles. The fourth-order valence-corrected chi connectivity index (χ4v) is 4.96. The number of benzene rings is 1. The molecule has 6 heteroatoms. The molecule has 138 valence electrons. The van der Waals surface area contributed by atoms with Gasteiger partial charge in [-0.05, 0) is 24.3 Å². The van der Waals surface area contributed by atoms with Crippen LogP contribution in [0.3, 0.4) is 0 Å². The molecule has 1 aliphatic carbocycles. The van der Waals surface area contributed by atoms with E-state index in [-0.39, 0.29) is 11.9 Å². The number of carbonyl (C=O) groups excluding carboxylic acids is 1. The van der Waals surface area contributed by atoms with Gasteiger partial charge in [0.1, 0.15) is 0 Å². The van der Waals surface area contributed by atoms with Gasteiger partial charge in [0.15, 0.2) is 5.17 Å². The summed E-state index contributed by atoms with van der Waals surface area (Å²) in [6, 6.07) is 8.73. The van der Waals surface area contributed by atoms with Crippen LogP contribution in [0.1, 0.15) is 51.1 Å². The summed E-state index contributed by atoms with van der Waals surface area (Å²) in [6.45, 7) is 4.55. The first-order valence-corrected chi connectivity index (χ1v) is 10.5. The number of amides is 1. The Kier molecular flexibility index (Phi) is 5.02. The monoisotopic (exact) mass is 370 g/mol. The van der Waals surface area contributed by atoms with Crippen LogP contribution in [0.25, 0.3) is 0 Å². The van der Waals surface area contributed by atoms with Crippen LogP contribution in [0.2, 0.25) is 0 Å². The molecule has 4 atom stereocenters. The topological polar surface area (TPSA) is 57.1 Å². The Morgan fingerprint density at radius 3 is 3.04 bits per heavy atom. The summed E-state index contributed by atoms with van der Waals surface area (Å²) in [5.41, 5.74) is 2.21. The van der Waals surface area contributed by atoms with Crippen molar-refractivity contribution in [3.05, 3.63) is 29.8 Å². The van der Waals surface area contributed by atoms with E-state index in [1.165, 1.54) is 30.2 Å². The van der Waals surface area contributed by atoms with Crippen LogP contribution in [0, 0.1) is 11.8 Å². The van der Waals surface area contributed by atoms with Crippen molar-refractivity contribution in [2.75, 3.05) is 5.75 Å². The number of hydrogen-bond donors (Lipinski definition) is 1. The molecule has 0 radical (unpaired) electrons. The van der Waals surface area contributed by atoms with Crippen molar-refractivity contribution in [3.63, 3.8) is 0 Å². The number of hydrazone groups is 1. The summed E-state index contributed by atoms with van der Waals surface area (Å²) in [6.07, 6.45) is 6.40. The molecule has 1 aromatic rings. The van der Waals surface area contributed by atoms with Gasteiger partial charge in [-0.2, -0.15) is 5.10 Å². The van der Waals surface area contributed by atoms with E-state index in [0.717, 1.165) is 23.7 Å². The molecule has 0 saturated heterocycles. The summed E-state index contributed by atoms with van der Waals surface area (Å²) >= 11 is 1.49. The molecule has 0 unspecified atom stereocenters. The van der Waals surface area contributed by atoms with Crippen LogP contribution in [0.4, 0.5) is 5.69 Å². The Hall–Kier alpha value is -1.82. The minimum atomic E-state index is 0.0993. The highest BCUT2D eigenvalue weighted by Crippen LogP contribution is 2.40. The molecule has 26 heavy (non-hydrogen) atoms. The van der Waals surface area contributed by atoms with Crippen molar-refractivity contribution in [1.82, 2.24) is 10.3 Å². The first-order valence-electron chi connectivity index (χ1n) is 9.55. The highest BCUT2D eigenvalue weighted by atomic mass is 32.2. The minimum Gasteiger partial charge on any atom is -0.352 e. The van der Waals surface area contributed by atoms with Crippen LogP contribution >= 0.6 is 11.8 Å². The number of carbonyl (C=O) groups is 1. The quantitative estimate of drug-likeness (QED) is 0.872. The van der Waals surface area contributed by atoms with Gasteiger partial charge < -0.3 is 5.32 Å². The molecule has 1 N–H and O–H groups in total. The van der Waals surface area contributed by atoms with Gasteiger partial charge in [-0.1, -0.05) is 56.7 Å². The predicted octanol–water partition coefficient (Wildman–Crippen LogP) is 4.09. The molecule has 1 saturated carbocycles. The smallest absolute Gasteiger partial charge is 0.230 e. The molecule has 1 fully saturated rings. The molecule has 4 rings (SSSR count). The van der Waals surface area contributed by atoms with Gasteiger partial charge in [0.05, 0.1) is 17.5 Å². The highest BCUT2D eigenvalue weighted by Gasteiger charge is 2.33. The zero-order valence-corrected chi connectivity index (χ0v) is 16.2. The van der Waals surface area contributed by atoms with Gasteiger partial charge in [0.2, 0.25) is 5.91 Å². The van der Waals surface area contributed by atoms with E-state index < -0.39 is 0 Å². The van der Waals surface area contributed by atoms with Gasteiger partial charge in [-0.25, -0.2) is 10.0 Å². The van der Waals surface area contributed by atoms with E-state index in [1.54, 1.807) is 0 Å². The number of rotatable bonds is 3. The summed E-state index contributed by atoms with van der Waals surface area (Å²) in [5, 5.41) is 10.5. The number of thioether (sulfide) groups is 1. The van der Waals surface area contributed by atoms with Crippen molar-refractivity contribution in [2.45, 2.75) is 51.6 Å². The van der Waals surface area contributed by atoms with Gasteiger partial charge >= 0.3 is 0 Å². The normalized spacial score (nSPS) is 29.8. The lowest BCUT2D eigenvalue weighted by Crippen LogP contribution is -2.44. The molecule has 1 amide bonds. The Bertz CT molecular complexity index is 747. The number of nitrogens with zero attached hydrogens (tertiary/aromatic N) is 3. The van der Waals surface area contributed by atoms with Crippen molar-refractivity contribution >= 4 is 34.7 Å². The van der Waals surface area contributed by atoms with Crippen molar-refractivity contribution in [1.29, 1.82) is 0 Å². The Morgan fingerprint density at radius 1 is 1.31 bits per heavy atom. The lowest BCUT2D eigenvalue weighted by molar-refractivity contribution is -0.119. The number of hydrogen-bond acceptors (Lipinski definition) is 5. The molecule has 0 aromatic heterocycles. The average molecular weight is 371 g/mol. The van der Waals surface area contributed by atoms with Crippen LogP contribution in [0.15, 0.2) is 34.4 Å². The fourth-order valence-electron chi connectivity index (χ4n) is 4.14. The molecule has 1 aromatic carbocycles. The lowest BCUT2D eigenvalue weighted by Gasteiger charge is -2.34. The summed E-state index contributed by atoms with van der Waals surface area (Å²) < 4.78 is 0. The van der Waals surface area contributed by atoms with Crippen LogP contribution < -0.4 is 5.32 Å². The maximum absolute atomic E-state index is 12.5. The number of fused-ring (bicyclic) bond motifs is 3. The van der Waals surface area contributed by atoms with Crippen molar-refractivity contribution in [2.24, 2.45) is 21.9 Å². The molecule has 3 aliphatic rings. The van der Waals surface area contributed by atoms with Gasteiger partial charge in [-0.3, -0.25) is 4.79 Å². The third-order valence-electron chi connectivity index (χ3n) is 5.92. The zero-order chi connectivity index (χ0) is 18.1. The Labute approximate surface area is 159 Å². The second kappa shape index (κ2) is 7.43. The molecular weight excluding hydrogens is 344 g/mol. The van der Waals surface area contributed by atoms with Crippen molar-refractivity contribution < 1.29 is 4.79 Å². The number of para-hydroxylation sites is 1. The van der Waals surface area contributed by atoms with Crippen LogP contribution in [0.5, 0.6) is 0 Å². The third kappa shape index (κ3) is 3.39. The van der Waals surface area contributed by atoms with Gasteiger partial charge in [0.25, 0.3) is 0 Å². The van der Waals surface area contributed by atoms with E-state index in [1.807, 2.05) is 29.4 Å². The number of aliphatic imine (C=N–C) groups is 1. The molecular formula is C20H26N4OS. The van der Waals surface area contributed by atoms with E-state index in [0.29, 0.717) is 23.6 Å². The van der Waals surface area contributed by atoms with Crippen LogP contribution in [-0.4, -0.2) is 34.1 Å². The summed E-state index contributed by atoms with van der Waals surface area (Å²) in [4.78, 5) is 17.2. The molecule has 5 nitrogen and oxygen atoms in total. The van der Waals surface area contributed by atoms with Gasteiger partial charge in [0, 0.05) is 24.2 Å². The second-order valence-electron chi connectivity index (χ2n) is 7.58. The summed E-state index contributed by atoms with van der Waals surface area (Å²) in [5.74, 6) is 1.71. The maximum atomic E-state index is 12.5. The SMILES string of the molecule is C[C@@H]1[C@H](C)CCC[C@@H]1NC(=O)CSC1=Nc2ccccc2[C@H]2CC=NN12. The first kappa shape index (κ1) is 17.6. The largest absolute Gasteiger partial charge is 0.352 e. The average Bonchev–Trinajstić information content (AvgIpc) is 3.14. The fraction of sp³-hybridized carbons (Fsp3) is 0.550. The van der Waals surface area contributed by atoms with E-state index in [2.05, 4.69) is 30.3 Å². The Morgan fingerprint density at radius 2 is 2.15 bits per heavy atom. The number of nitrogens with one attached hydrogen (secondary N) is 1.